The highest BCUT2D eigenvalue weighted by atomic mass is 32.2. The van der Waals surface area contributed by atoms with E-state index in [0.717, 1.165) is 12.1 Å². The van der Waals surface area contributed by atoms with Crippen molar-refractivity contribution in [2.75, 3.05) is 17.7 Å². The summed E-state index contributed by atoms with van der Waals surface area (Å²) in [5.41, 5.74) is 1.77. The molecule has 0 saturated heterocycles. The third kappa shape index (κ3) is 4.59. The molecule has 9 heteroatoms. The van der Waals surface area contributed by atoms with Crippen molar-refractivity contribution < 1.29 is 14.3 Å². The predicted molar refractivity (Wildman–Crippen MR) is 110 cm³/mol. The number of nitrogens with one attached hydrogen (secondary N) is 1. The highest BCUT2D eigenvalue weighted by Gasteiger charge is 2.25. The SMILES string of the molecule is CCOC(=O)c1ccc(NC(=O)CSc2nc3c(c(=O)n2C)S[C@@H](C)C3)cc1. The summed E-state index contributed by atoms with van der Waals surface area (Å²) < 4.78 is 6.43. The van der Waals surface area contributed by atoms with E-state index in [-0.39, 0.29) is 17.2 Å². The average molecular weight is 420 g/mol. The number of carbonyl (C=O) groups excluding carboxylic acids is 2. The summed E-state index contributed by atoms with van der Waals surface area (Å²) in [7, 11) is 1.67. The molecule has 0 unspecified atom stereocenters. The molecule has 2 heterocycles. The Labute approximate surface area is 171 Å². The lowest BCUT2D eigenvalue weighted by Gasteiger charge is -2.10. The Hall–Kier alpha value is -2.26. The van der Waals surface area contributed by atoms with Gasteiger partial charge < -0.3 is 10.1 Å². The van der Waals surface area contributed by atoms with Gasteiger partial charge in [0, 0.05) is 24.4 Å². The van der Waals surface area contributed by atoms with Crippen molar-refractivity contribution in [2.24, 2.45) is 7.05 Å². The molecular formula is C19H21N3O4S2. The summed E-state index contributed by atoms with van der Waals surface area (Å²) in [6.45, 7) is 4.12. The van der Waals surface area contributed by atoms with Gasteiger partial charge in [-0.1, -0.05) is 18.7 Å². The van der Waals surface area contributed by atoms with Gasteiger partial charge in [0.15, 0.2) is 5.16 Å². The van der Waals surface area contributed by atoms with E-state index in [4.69, 9.17) is 4.74 Å². The van der Waals surface area contributed by atoms with Crippen molar-refractivity contribution in [1.82, 2.24) is 9.55 Å². The van der Waals surface area contributed by atoms with Crippen LogP contribution < -0.4 is 10.9 Å². The van der Waals surface area contributed by atoms with Gasteiger partial charge in [-0.25, -0.2) is 9.78 Å². The lowest BCUT2D eigenvalue weighted by Crippen LogP contribution is -2.23. The van der Waals surface area contributed by atoms with E-state index < -0.39 is 5.97 Å². The molecule has 148 valence electrons. The summed E-state index contributed by atoms with van der Waals surface area (Å²) in [5, 5.41) is 3.65. The largest absolute Gasteiger partial charge is 0.462 e. The highest BCUT2D eigenvalue weighted by molar-refractivity contribution is 8.00. The van der Waals surface area contributed by atoms with Gasteiger partial charge in [-0.05, 0) is 31.2 Å². The molecule has 2 aromatic rings. The Morgan fingerprint density at radius 3 is 2.75 bits per heavy atom. The van der Waals surface area contributed by atoms with E-state index in [9.17, 15) is 14.4 Å². The van der Waals surface area contributed by atoms with Crippen molar-refractivity contribution in [3.63, 3.8) is 0 Å². The first-order valence-electron chi connectivity index (χ1n) is 8.85. The molecule has 1 aliphatic heterocycles. The van der Waals surface area contributed by atoms with Crippen molar-refractivity contribution in [1.29, 1.82) is 0 Å². The molecule has 1 aromatic heterocycles. The lowest BCUT2D eigenvalue weighted by atomic mass is 10.2. The number of hydrogen-bond donors (Lipinski definition) is 1. The van der Waals surface area contributed by atoms with Crippen molar-refractivity contribution in [3.8, 4) is 0 Å². The zero-order valence-electron chi connectivity index (χ0n) is 15.9. The summed E-state index contributed by atoms with van der Waals surface area (Å²) in [6.07, 6.45) is 0.767. The van der Waals surface area contributed by atoms with Crippen LogP contribution >= 0.6 is 23.5 Å². The van der Waals surface area contributed by atoms with Crippen LogP contribution in [0.25, 0.3) is 0 Å². The molecule has 1 amide bonds. The van der Waals surface area contributed by atoms with Gasteiger partial charge in [-0.3, -0.25) is 14.2 Å². The Morgan fingerprint density at radius 2 is 2.07 bits per heavy atom. The fraction of sp³-hybridized carbons (Fsp3) is 0.368. The minimum Gasteiger partial charge on any atom is -0.462 e. The van der Waals surface area contributed by atoms with Crippen molar-refractivity contribution in [3.05, 3.63) is 45.9 Å². The van der Waals surface area contributed by atoms with Crippen LogP contribution in [-0.4, -0.2) is 39.0 Å². The molecule has 7 nitrogen and oxygen atoms in total. The molecule has 0 radical (unpaired) electrons. The van der Waals surface area contributed by atoms with Gasteiger partial charge in [0.05, 0.1) is 28.5 Å². The van der Waals surface area contributed by atoms with E-state index in [1.807, 2.05) is 0 Å². The molecule has 0 spiro atoms. The fourth-order valence-corrected chi connectivity index (χ4v) is 4.67. The Morgan fingerprint density at radius 1 is 1.36 bits per heavy atom. The maximum atomic E-state index is 12.4. The molecular weight excluding hydrogens is 398 g/mol. The lowest BCUT2D eigenvalue weighted by molar-refractivity contribution is -0.113. The van der Waals surface area contributed by atoms with Crippen LogP contribution in [0.5, 0.6) is 0 Å². The molecule has 0 fully saturated rings. The number of esters is 1. The van der Waals surface area contributed by atoms with E-state index in [1.54, 1.807) is 50.0 Å². The maximum Gasteiger partial charge on any atom is 0.338 e. The van der Waals surface area contributed by atoms with Crippen LogP contribution in [0, 0.1) is 0 Å². The molecule has 1 aliphatic rings. The van der Waals surface area contributed by atoms with Gasteiger partial charge in [0.2, 0.25) is 5.91 Å². The molecule has 0 bridgehead atoms. The number of thioether (sulfide) groups is 2. The first kappa shape index (κ1) is 20.5. The van der Waals surface area contributed by atoms with Crippen LogP contribution in [0.4, 0.5) is 5.69 Å². The number of benzene rings is 1. The smallest absolute Gasteiger partial charge is 0.338 e. The Kier molecular flexibility index (Phi) is 6.46. The number of ether oxygens (including phenoxy) is 1. The van der Waals surface area contributed by atoms with Crippen LogP contribution in [0.15, 0.2) is 39.1 Å². The summed E-state index contributed by atoms with van der Waals surface area (Å²) in [6, 6.07) is 6.50. The molecule has 1 atom stereocenters. The summed E-state index contributed by atoms with van der Waals surface area (Å²) in [4.78, 5) is 41.6. The van der Waals surface area contributed by atoms with Crippen molar-refractivity contribution in [2.45, 2.75) is 35.6 Å². The minimum atomic E-state index is -0.396. The highest BCUT2D eigenvalue weighted by Crippen LogP contribution is 2.33. The first-order chi connectivity index (χ1) is 13.4. The third-order valence-electron chi connectivity index (χ3n) is 4.09. The van der Waals surface area contributed by atoms with E-state index in [2.05, 4.69) is 17.2 Å². The van der Waals surface area contributed by atoms with Crippen molar-refractivity contribution >= 4 is 41.1 Å². The maximum absolute atomic E-state index is 12.4. The molecule has 0 saturated carbocycles. The second kappa shape index (κ2) is 8.83. The van der Waals surface area contributed by atoms with Gasteiger partial charge >= 0.3 is 5.97 Å². The molecule has 1 N–H and O–H groups in total. The van der Waals surface area contributed by atoms with Gasteiger partial charge in [0.1, 0.15) is 0 Å². The quantitative estimate of drug-likeness (QED) is 0.437. The van der Waals surface area contributed by atoms with E-state index >= 15 is 0 Å². The topological polar surface area (TPSA) is 90.3 Å². The second-order valence-corrected chi connectivity index (χ2v) is 8.69. The normalized spacial score (nSPS) is 15.2. The van der Waals surface area contributed by atoms with E-state index in [0.29, 0.717) is 33.2 Å². The number of aromatic nitrogens is 2. The number of amides is 1. The molecule has 0 aliphatic carbocycles. The van der Waals surface area contributed by atoms with Gasteiger partial charge in [0.25, 0.3) is 5.56 Å². The molecule has 28 heavy (non-hydrogen) atoms. The number of nitrogens with zero attached hydrogens (tertiary/aromatic N) is 2. The van der Waals surface area contributed by atoms with Crippen LogP contribution in [0.3, 0.4) is 0 Å². The number of rotatable bonds is 6. The number of anilines is 1. The summed E-state index contributed by atoms with van der Waals surface area (Å²) in [5.74, 6) is -0.486. The van der Waals surface area contributed by atoms with E-state index in [1.165, 1.54) is 16.3 Å². The summed E-state index contributed by atoms with van der Waals surface area (Å²) >= 11 is 2.78. The zero-order valence-corrected chi connectivity index (χ0v) is 17.5. The fourth-order valence-electron chi connectivity index (χ4n) is 2.74. The van der Waals surface area contributed by atoms with Gasteiger partial charge in [-0.2, -0.15) is 0 Å². The number of hydrogen-bond acceptors (Lipinski definition) is 7. The average Bonchev–Trinajstić information content (AvgIpc) is 3.05. The molecule has 3 rings (SSSR count). The van der Waals surface area contributed by atoms with Crippen LogP contribution in [0.1, 0.15) is 29.9 Å². The number of carbonyl (C=O) groups is 2. The zero-order chi connectivity index (χ0) is 20.3. The Bertz CT molecular complexity index is 957. The second-order valence-electron chi connectivity index (χ2n) is 6.30. The third-order valence-corrected chi connectivity index (χ3v) is 6.34. The first-order valence-corrected chi connectivity index (χ1v) is 10.7. The number of fused-ring (bicyclic) bond motifs is 1. The van der Waals surface area contributed by atoms with Crippen LogP contribution in [-0.2, 0) is 23.0 Å². The van der Waals surface area contributed by atoms with Gasteiger partial charge in [-0.15, -0.1) is 11.8 Å². The monoisotopic (exact) mass is 419 g/mol. The standard InChI is InChI=1S/C19H21N3O4S2/c1-4-26-18(25)12-5-7-13(8-6-12)20-15(23)10-27-19-21-14-9-11(2)28-16(14)17(24)22(19)3/h5-8,11H,4,9-10H2,1-3H3,(H,20,23)/t11-/m0/s1. The minimum absolute atomic E-state index is 0.0585. The molecule has 1 aromatic carbocycles. The van der Waals surface area contributed by atoms with Crippen LogP contribution in [0.2, 0.25) is 0 Å². The predicted octanol–water partition coefficient (Wildman–Crippen LogP) is 2.72. The Balaban J connectivity index is 1.61.